The Bertz CT molecular complexity index is 680. The Morgan fingerprint density at radius 2 is 2.06 bits per heavy atom. The fraction of sp³-hybridized carbons (Fsp3) is 0. The fourth-order valence-electron chi connectivity index (χ4n) is 1.58. The number of anilines is 3. The number of thiazole rings is 1. The zero-order chi connectivity index (χ0) is 12.4. The van der Waals surface area contributed by atoms with Gasteiger partial charge in [0.1, 0.15) is 0 Å². The van der Waals surface area contributed by atoms with Crippen molar-refractivity contribution in [3.8, 4) is 0 Å². The van der Waals surface area contributed by atoms with Crippen LogP contribution >= 0.6 is 11.3 Å². The maximum absolute atomic E-state index is 5.29. The SMILES string of the molecule is NNc1cncc(Nc2ccc3ncsc3c2)n1. The van der Waals surface area contributed by atoms with E-state index in [1.165, 1.54) is 0 Å². The van der Waals surface area contributed by atoms with E-state index >= 15 is 0 Å². The summed E-state index contributed by atoms with van der Waals surface area (Å²) in [6.45, 7) is 0. The van der Waals surface area contributed by atoms with E-state index in [2.05, 4.69) is 25.7 Å². The van der Waals surface area contributed by atoms with E-state index in [0.717, 1.165) is 15.9 Å². The zero-order valence-corrected chi connectivity index (χ0v) is 10.1. The molecular formula is C11H10N6S. The van der Waals surface area contributed by atoms with Crippen LogP contribution in [0.4, 0.5) is 17.3 Å². The smallest absolute Gasteiger partial charge is 0.160 e. The third-order valence-corrected chi connectivity index (χ3v) is 3.18. The molecule has 4 N–H and O–H groups in total. The lowest BCUT2D eigenvalue weighted by molar-refractivity contribution is 1.16. The maximum Gasteiger partial charge on any atom is 0.160 e. The van der Waals surface area contributed by atoms with E-state index in [9.17, 15) is 0 Å². The number of aromatic nitrogens is 3. The maximum atomic E-state index is 5.29. The van der Waals surface area contributed by atoms with Crippen molar-refractivity contribution >= 4 is 38.9 Å². The van der Waals surface area contributed by atoms with E-state index < -0.39 is 0 Å². The Kier molecular flexibility index (Phi) is 2.75. The lowest BCUT2D eigenvalue weighted by Crippen LogP contribution is -2.09. The molecule has 3 aromatic rings. The highest BCUT2D eigenvalue weighted by Gasteiger charge is 2.01. The first-order chi connectivity index (χ1) is 8.85. The molecule has 0 bridgehead atoms. The second kappa shape index (κ2) is 4.55. The summed E-state index contributed by atoms with van der Waals surface area (Å²) in [6.07, 6.45) is 3.19. The van der Waals surface area contributed by atoms with Crippen molar-refractivity contribution in [1.29, 1.82) is 0 Å². The highest BCUT2D eigenvalue weighted by molar-refractivity contribution is 7.16. The molecule has 0 fully saturated rings. The molecule has 0 aliphatic rings. The van der Waals surface area contributed by atoms with Gasteiger partial charge in [0.15, 0.2) is 11.6 Å². The largest absolute Gasteiger partial charge is 0.339 e. The molecule has 0 aliphatic heterocycles. The number of hydrogen-bond acceptors (Lipinski definition) is 7. The Morgan fingerprint density at radius 1 is 1.17 bits per heavy atom. The van der Waals surface area contributed by atoms with E-state index in [-0.39, 0.29) is 0 Å². The van der Waals surface area contributed by atoms with Gasteiger partial charge in [-0.2, -0.15) is 0 Å². The van der Waals surface area contributed by atoms with Gasteiger partial charge >= 0.3 is 0 Å². The number of nitrogens with one attached hydrogen (secondary N) is 2. The monoisotopic (exact) mass is 258 g/mol. The van der Waals surface area contributed by atoms with E-state index in [4.69, 9.17) is 5.84 Å². The number of hydrazine groups is 1. The van der Waals surface area contributed by atoms with Crippen molar-refractivity contribution in [3.05, 3.63) is 36.1 Å². The molecule has 6 nitrogen and oxygen atoms in total. The average Bonchev–Trinajstić information content (AvgIpc) is 2.86. The van der Waals surface area contributed by atoms with Crippen LogP contribution in [-0.2, 0) is 0 Å². The highest BCUT2D eigenvalue weighted by Crippen LogP contribution is 2.23. The molecule has 0 unspecified atom stereocenters. The summed E-state index contributed by atoms with van der Waals surface area (Å²) < 4.78 is 1.13. The minimum absolute atomic E-state index is 0.513. The van der Waals surface area contributed by atoms with Crippen LogP contribution in [0.3, 0.4) is 0 Å². The summed E-state index contributed by atoms with van der Waals surface area (Å²) in [5, 5.41) is 3.17. The Labute approximate surface area is 107 Å². The van der Waals surface area contributed by atoms with Crippen LogP contribution < -0.4 is 16.6 Å². The molecule has 2 aromatic heterocycles. The quantitative estimate of drug-likeness (QED) is 0.492. The van der Waals surface area contributed by atoms with Crippen LogP contribution in [0, 0.1) is 0 Å². The molecule has 1 aromatic carbocycles. The lowest BCUT2D eigenvalue weighted by atomic mass is 10.3. The standard InChI is InChI=1S/C11H10N6S/c12-17-11-5-13-4-10(16-11)15-7-1-2-8-9(3-7)18-6-14-8/h1-6H,12H2,(H2,15,16,17). The predicted molar refractivity (Wildman–Crippen MR) is 72.7 cm³/mol. The van der Waals surface area contributed by atoms with Gasteiger partial charge in [-0.1, -0.05) is 0 Å². The summed E-state index contributed by atoms with van der Waals surface area (Å²) in [5.74, 6) is 6.43. The van der Waals surface area contributed by atoms with E-state index in [0.29, 0.717) is 11.6 Å². The van der Waals surface area contributed by atoms with Crippen molar-refractivity contribution in [2.75, 3.05) is 10.7 Å². The molecule has 0 radical (unpaired) electrons. The molecule has 0 amide bonds. The summed E-state index contributed by atoms with van der Waals surface area (Å²) in [4.78, 5) is 12.5. The number of rotatable bonds is 3. The van der Waals surface area contributed by atoms with Gasteiger partial charge in [-0.3, -0.25) is 4.98 Å². The Balaban J connectivity index is 1.90. The van der Waals surface area contributed by atoms with Crippen LogP contribution in [0.5, 0.6) is 0 Å². The Hall–Kier alpha value is -2.25. The number of benzene rings is 1. The Morgan fingerprint density at radius 3 is 2.94 bits per heavy atom. The molecule has 0 aliphatic carbocycles. The minimum Gasteiger partial charge on any atom is -0.339 e. The van der Waals surface area contributed by atoms with Gasteiger partial charge in [0.2, 0.25) is 0 Å². The minimum atomic E-state index is 0.513. The van der Waals surface area contributed by atoms with Crippen LogP contribution in [-0.4, -0.2) is 15.0 Å². The van der Waals surface area contributed by atoms with Gasteiger partial charge in [0, 0.05) is 5.69 Å². The summed E-state index contributed by atoms with van der Waals surface area (Å²) in [5.41, 5.74) is 6.22. The molecule has 0 atom stereocenters. The molecule has 0 saturated heterocycles. The zero-order valence-electron chi connectivity index (χ0n) is 9.29. The first kappa shape index (κ1) is 10.9. The second-order valence-electron chi connectivity index (χ2n) is 3.59. The van der Waals surface area contributed by atoms with Crippen molar-refractivity contribution in [2.24, 2.45) is 5.84 Å². The normalized spacial score (nSPS) is 10.5. The fourth-order valence-corrected chi connectivity index (χ4v) is 2.29. The number of nitrogens with zero attached hydrogens (tertiary/aromatic N) is 3. The van der Waals surface area contributed by atoms with Gasteiger partial charge in [-0.25, -0.2) is 15.8 Å². The third kappa shape index (κ3) is 2.08. The van der Waals surface area contributed by atoms with Crippen molar-refractivity contribution < 1.29 is 0 Å². The molecule has 0 saturated carbocycles. The van der Waals surface area contributed by atoms with Crippen LogP contribution in [0.15, 0.2) is 36.1 Å². The topological polar surface area (TPSA) is 88.8 Å². The van der Waals surface area contributed by atoms with Gasteiger partial charge in [0.05, 0.1) is 28.1 Å². The van der Waals surface area contributed by atoms with Crippen molar-refractivity contribution in [2.45, 2.75) is 0 Å². The second-order valence-corrected chi connectivity index (χ2v) is 4.48. The first-order valence-corrected chi connectivity index (χ1v) is 6.12. The summed E-state index contributed by atoms with van der Waals surface area (Å²) in [7, 11) is 0. The third-order valence-electron chi connectivity index (χ3n) is 2.39. The van der Waals surface area contributed by atoms with Crippen LogP contribution in [0.2, 0.25) is 0 Å². The number of hydrogen-bond donors (Lipinski definition) is 3. The number of nitrogens with two attached hydrogens (primary N) is 1. The van der Waals surface area contributed by atoms with E-state index in [1.54, 1.807) is 23.7 Å². The predicted octanol–water partition coefficient (Wildman–Crippen LogP) is 2.12. The van der Waals surface area contributed by atoms with Gasteiger partial charge < -0.3 is 10.7 Å². The highest BCUT2D eigenvalue weighted by atomic mass is 32.1. The van der Waals surface area contributed by atoms with Crippen molar-refractivity contribution in [3.63, 3.8) is 0 Å². The van der Waals surface area contributed by atoms with Crippen LogP contribution in [0.25, 0.3) is 10.2 Å². The molecular weight excluding hydrogens is 248 g/mol. The van der Waals surface area contributed by atoms with E-state index in [1.807, 2.05) is 23.7 Å². The number of nitrogen functional groups attached to an aromatic ring is 1. The molecule has 7 heteroatoms. The molecule has 2 heterocycles. The molecule has 3 rings (SSSR count). The van der Waals surface area contributed by atoms with Crippen molar-refractivity contribution in [1.82, 2.24) is 15.0 Å². The van der Waals surface area contributed by atoms with Gasteiger partial charge in [-0.05, 0) is 18.2 Å². The summed E-state index contributed by atoms with van der Waals surface area (Å²) in [6, 6.07) is 5.94. The molecule has 18 heavy (non-hydrogen) atoms. The summed E-state index contributed by atoms with van der Waals surface area (Å²) >= 11 is 1.60. The molecule has 0 spiro atoms. The number of fused-ring (bicyclic) bond motifs is 1. The first-order valence-electron chi connectivity index (χ1n) is 5.24. The van der Waals surface area contributed by atoms with Gasteiger partial charge in [0.25, 0.3) is 0 Å². The lowest BCUT2D eigenvalue weighted by Gasteiger charge is -2.06. The average molecular weight is 258 g/mol. The van der Waals surface area contributed by atoms with Crippen LogP contribution in [0.1, 0.15) is 0 Å². The molecule has 90 valence electrons. The van der Waals surface area contributed by atoms with Gasteiger partial charge in [-0.15, -0.1) is 11.3 Å².